The highest BCUT2D eigenvalue weighted by Gasteiger charge is 2.31. The number of nitrogens with zero attached hydrogens (tertiary/aromatic N) is 2. The van der Waals surface area contributed by atoms with Gasteiger partial charge in [-0.1, -0.05) is 77.3 Å². The summed E-state index contributed by atoms with van der Waals surface area (Å²) < 4.78 is -0.815. The number of benzene rings is 2. The fourth-order valence-electron chi connectivity index (χ4n) is 2.39. The van der Waals surface area contributed by atoms with Gasteiger partial charge in [-0.05, 0) is 12.1 Å². The molecule has 0 radical (unpaired) electrons. The minimum Gasteiger partial charge on any atom is -0.292 e. The lowest BCUT2D eigenvalue weighted by molar-refractivity contribution is 0.0969. The van der Waals surface area contributed by atoms with Crippen LogP contribution >= 0.6 is 34.8 Å². The van der Waals surface area contributed by atoms with E-state index in [2.05, 4.69) is 4.98 Å². The SMILES string of the molecule is O=C(Cn1c(C(Cl)(Cl)Cl)nc2ccccc2c1=O)c1ccccc1. The second-order valence-electron chi connectivity index (χ2n) is 5.13. The average molecular weight is 382 g/mol. The molecule has 0 atom stereocenters. The average Bonchev–Trinajstić information content (AvgIpc) is 2.57. The highest BCUT2D eigenvalue weighted by molar-refractivity contribution is 6.66. The molecule has 4 nitrogen and oxygen atoms in total. The number of Topliss-reactive ketones (excluding diaryl/α,β-unsaturated/α-hetero) is 1. The molecule has 0 spiro atoms. The number of aromatic nitrogens is 2. The van der Waals surface area contributed by atoms with Crippen LogP contribution < -0.4 is 5.56 Å². The van der Waals surface area contributed by atoms with Crippen LogP contribution in [0.4, 0.5) is 0 Å². The Hall–Kier alpha value is -1.88. The standard InChI is InChI=1S/C17H11Cl3N2O2/c18-17(19,20)16-21-13-9-5-4-8-12(13)15(24)22(16)10-14(23)11-6-2-1-3-7-11/h1-9H,10H2. The Kier molecular flexibility index (Phi) is 4.63. The number of fused-ring (bicyclic) bond motifs is 1. The van der Waals surface area contributed by atoms with Crippen LogP contribution in [-0.2, 0) is 10.3 Å². The molecule has 1 heterocycles. The van der Waals surface area contributed by atoms with E-state index >= 15 is 0 Å². The molecule has 24 heavy (non-hydrogen) atoms. The molecule has 0 saturated heterocycles. The molecular formula is C17H11Cl3N2O2. The first-order chi connectivity index (χ1) is 11.4. The molecule has 0 saturated carbocycles. The third kappa shape index (κ3) is 3.31. The highest BCUT2D eigenvalue weighted by Crippen LogP contribution is 2.37. The Morgan fingerprint density at radius 3 is 2.29 bits per heavy atom. The molecule has 0 aliphatic heterocycles. The predicted molar refractivity (Wildman–Crippen MR) is 96.0 cm³/mol. The number of ketones is 1. The van der Waals surface area contributed by atoms with Crippen LogP contribution in [0.1, 0.15) is 16.2 Å². The summed E-state index contributed by atoms with van der Waals surface area (Å²) in [4.78, 5) is 29.5. The summed E-state index contributed by atoms with van der Waals surface area (Å²) in [5, 5.41) is 0.358. The molecular weight excluding hydrogens is 371 g/mol. The zero-order valence-corrected chi connectivity index (χ0v) is 14.5. The van der Waals surface area contributed by atoms with Crippen molar-refractivity contribution >= 4 is 51.5 Å². The Balaban J connectivity index is 2.17. The van der Waals surface area contributed by atoms with Crippen molar-refractivity contribution in [3.05, 3.63) is 76.3 Å². The number of carbonyl (C=O) groups excluding carboxylic acids is 1. The van der Waals surface area contributed by atoms with Gasteiger partial charge in [0.05, 0.1) is 17.4 Å². The topological polar surface area (TPSA) is 52.0 Å². The molecule has 0 amide bonds. The van der Waals surface area contributed by atoms with Gasteiger partial charge in [-0.2, -0.15) is 0 Å². The third-order valence-corrected chi connectivity index (χ3v) is 4.02. The van der Waals surface area contributed by atoms with E-state index in [-0.39, 0.29) is 18.2 Å². The van der Waals surface area contributed by atoms with Gasteiger partial charge >= 0.3 is 0 Å². The van der Waals surface area contributed by atoms with Gasteiger partial charge in [0.1, 0.15) is 0 Å². The lowest BCUT2D eigenvalue weighted by Crippen LogP contribution is -2.31. The van der Waals surface area contributed by atoms with Gasteiger partial charge in [0.2, 0.25) is 3.79 Å². The van der Waals surface area contributed by atoms with E-state index in [1.54, 1.807) is 54.6 Å². The Morgan fingerprint density at radius 2 is 1.62 bits per heavy atom. The van der Waals surface area contributed by atoms with Crippen molar-refractivity contribution in [1.29, 1.82) is 0 Å². The summed E-state index contributed by atoms with van der Waals surface area (Å²) in [6.07, 6.45) is 0. The summed E-state index contributed by atoms with van der Waals surface area (Å²) in [6, 6.07) is 15.3. The second kappa shape index (κ2) is 6.55. The van der Waals surface area contributed by atoms with Crippen LogP contribution in [0.3, 0.4) is 0 Å². The van der Waals surface area contributed by atoms with Crippen LogP contribution in [0.2, 0.25) is 0 Å². The van der Waals surface area contributed by atoms with Crippen LogP contribution in [0.15, 0.2) is 59.4 Å². The van der Waals surface area contributed by atoms with Gasteiger partial charge in [0, 0.05) is 5.56 Å². The lowest BCUT2D eigenvalue weighted by Gasteiger charge is -2.18. The first-order valence-electron chi connectivity index (χ1n) is 7.03. The van der Waals surface area contributed by atoms with Gasteiger partial charge in [-0.15, -0.1) is 0 Å². The zero-order chi connectivity index (χ0) is 17.3. The van der Waals surface area contributed by atoms with E-state index in [0.717, 1.165) is 4.57 Å². The van der Waals surface area contributed by atoms with E-state index in [1.807, 2.05) is 0 Å². The van der Waals surface area contributed by atoms with Crippen molar-refractivity contribution in [1.82, 2.24) is 9.55 Å². The van der Waals surface area contributed by atoms with E-state index in [9.17, 15) is 9.59 Å². The summed E-state index contributed by atoms with van der Waals surface area (Å²) in [7, 11) is 0. The molecule has 7 heteroatoms. The quantitative estimate of drug-likeness (QED) is 0.507. The van der Waals surface area contributed by atoms with Gasteiger partial charge in [0.25, 0.3) is 5.56 Å². The fourth-order valence-corrected chi connectivity index (χ4v) is 2.82. The minimum atomic E-state index is -1.93. The molecule has 0 fully saturated rings. The van der Waals surface area contributed by atoms with Gasteiger partial charge in [0.15, 0.2) is 11.6 Å². The second-order valence-corrected chi connectivity index (χ2v) is 7.41. The maximum Gasteiger partial charge on any atom is 0.261 e. The molecule has 3 aromatic rings. The van der Waals surface area contributed by atoms with E-state index in [4.69, 9.17) is 34.8 Å². The predicted octanol–water partition coefficient (Wildman–Crippen LogP) is 4.11. The van der Waals surface area contributed by atoms with Crippen molar-refractivity contribution < 1.29 is 4.79 Å². The van der Waals surface area contributed by atoms with Crippen molar-refractivity contribution in [3.63, 3.8) is 0 Å². The normalized spacial score (nSPS) is 11.6. The first-order valence-corrected chi connectivity index (χ1v) is 8.16. The van der Waals surface area contributed by atoms with Crippen molar-refractivity contribution in [3.8, 4) is 0 Å². The van der Waals surface area contributed by atoms with E-state index < -0.39 is 9.35 Å². The number of carbonyl (C=O) groups is 1. The van der Waals surface area contributed by atoms with Crippen molar-refractivity contribution in [2.24, 2.45) is 0 Å². The summed E-state index contributed by atoms with van der Waals surface area (Å²) in [5.74, 6) is -0.356. The molecule has 0 aliphatic rings. The number of rotatable bonds is 3. The van der Waals surface area contributed by atoms with Gasteiger partial charge in [-0.3, -0.25) is 14.2 Å². The fraction of sp³-hybridized carbons (Fsp3) is 0.118. The number of alkyl halides is 3. The van der Waals surface area contributed by atoms with Gasteiger partial charge < -0.3 is 0 Å². The van der Waals surface area contributed by atoms with Crippen LogP contribution in [0.25, 0.3) is 10.9 Å². The van der Waals surface area contributed by atoms with Crippen LogP contribution in [-0.4, -0.2) is 15.3 Å². The number of para-hydroxylation sites is 1. The summed E-state index contributed by atoms with van der Waals surface area (Å²) in [6.45, 7) is -0.260. The molecule has 0 bridgehead atoms. The first kappa shape index (κ1) is 17.0. The summed E-state index contributed by atoms with van der Waals surface area (Å²) in [5.41, 5.74) is 0.450. The maximum absolute atomic E-state index is 12.8. The van der Waals surface area contributed by atoms with Gasteiger partial charge in [-0.25, -0.2) is 4.98 Å². The van der Waals surface area contributed by atoms with Crippen LogP contribution in [0, 0.1) is 0 Å². The van der Waals surface area contributed by atoms with E-state index in [0.29, 0.717) is 16.5 Å². The molecule has 3 rings (SSSR count). The summed E-state index contributed by atoms with van der Waals surface area (Å²) >= 11 is 17.9. The Morgan fingerprint density at radius 1 is 1.00 bits per heavy atom. The molecule has 0 N–H and O–H groups in total. The maximum atomic E-state index is 12.8. The Bertz CT molecular complexity index is 963. The zero-order valence-electron chi connectivity index (χ0n) is 12.2. The largest absolute Gasteiger partial charge is 0.292 e. The van der Waals surface area contributed by atoms with Crippen LogP contribution in [0.5, 0.6) is 0 Å². The molecule has 0 unspecified atom stereocenters. The number of hydrogen-bond donors (Lipinski definition) is 0. The lowest BCUT2D eigenvalue weighted by atomic mass is 10.1. The number of halogens is 3. The molecule has 1 aromatic heterocycles. The molecule has 0 aliphatic carbocycles. The third-order valence-electron chi connectivity index (χ3n) is 3.51. The van der Waals surface area contributed by atoms with Crippen molar-refractivity contribution in [2.45, 2.75) is 10.3 Å². The number of hydrogen-bond acceptors (Lipinski definition) is 3. The molecule has 122 valence electrons. The molecule has 2 aromatic carbocycles. The van der Waals surface area contributed by atoms with E-state index in [1.165, 1.54) is 0 Å². The smallest absolute Gasteiger partial charge is 0.261 e. The van der Waals surface area contributed by atoms with Crippen molar-refractivity contribution in [2.75, 3.05) is 0 Å². The Labute approximate surface area is 152 Å². The minimum absolute atomic E-state index is 0.0829. The highest BCUT2D eigenvalue weighted by atomic mass is 35.6. The monoisotopic (exact) mass is 380 g/mol.